The Hall–Kier alpha value is -3.28. The molecule has 6 nitrogen and oxygen atoms in total. The molecule has 24 heavy (non-hydrogen) atoms. The molecular weight excluding hydrogens is 302 g/mol. The molecule has 3 aromatic rings. The van der Waals surface area contributed by atoms with Crippen molar-refractivity contribution in [2.24, 2.45) is 0 Å². The van der Waals surface area contributed by atoms with E-state index in [0.29, 0.717) is 23.9 Å². The maximum absolute atomic E-state index is 11.3. The van der Waals surface area contributed by atoms with Crippen LogP contribution in [0.5, 0.6) is 0 Å². The molecule has 0 amide bonds. The van der Waals surface area contributed by atoms with E-state index >= 15 is 0 Å². The van der Waals surface area contributed by atoms with Gasteiger partial charge in [-0.3, -0.25) is 4.79 Å². The summed E-state index contributed by atoms with van der Waals surface area (Å²) in [4.78, 5) is 15.7. The molecular formula is C18H17N5O. The molecule has 1 heterocycles. The van der Waals surface area contributed by atoms with Crippen molar-refractivity contribution < 1.29 is 4.79 Å². The lowest BCUT2D eigenvalue weighted by atomic mass is 10.1. The highest BCUT2D eigenvalue weighted by molar-refractivity contribution is 5.94. The van der Waals surface area contributed by atoms with Crippen LogP contribution in [0.4, 0.5) is 17.5 Å². The molecule has 0 radical (unpaired) electrons. The lowest BCUT2D eigenvalue weighted by Gasteiger charge is -2.08. The molecule has 0 unspecified atom stereocenters. The number of carbonyl (C=O) groups excluding carboxylic acids is 1. The van der Waals surface area contributed by atoms with Crippen LogP contribution >= 0.6 is 0 Å². The zero-order valence-electron chi connectivity index (χ0n) is 13.2. The van der Waals surface area contributed by atoms with Crippen LogP contribution in [0.1, 0.15) is 22.8 Å². The summed E-state index contributed by atoms with van der Waals surface area (Å²) in [5, 5.41) is 14.2. The smallest absolute Gasteiger partial charge is 0.244 e. The van der Waals surface area contributed by atoms with Crippen molar-refractivity contribution in [3.05, 3.63) is 71.9 Å². The first-order chi connectivity index (χ1) is 11.7. The van der Waals surface area contributed by atoms with E-state index in [1.54, 1.807) is 25.3 Å². The highest BCUT2D eigenvalue weighted by Crippen LogP contribution is 2.15. The molecule has 0 saturated heterocycles. The molecule has 0 bridgehead atoms. The average molecular weight is 319 g/mol. The van der Waals surface area contributed by atoms with Crippen LogP contribution in [0.2, 0.25) is 0 Å². The minimum Gasteiger partial charge on any atom is -0.349 e. The fourth-order valence-electron chi connectivity index (χ4n) is 2.15. The standard InChI is InChI=1S/C18H17N5O/c1-13(24)15-7-9-16(10-8-15)21-17-12-20-23-18(22-17)19-11-14-5-3-2-4-6-14/h2-10,12H,11H2,1H3,(H2,19,21,22,23). The number of benzene rings is 2. The van der Waals surface area contributed by atoms with Crippen molar-refractivity contribution in [2.45, 2.75) is 13.5 Å². The predicted molar refractivity (Wildman–Crippen MR) is 93.3 cm³/mol. The van der Waals surface area contributed by atoms with Crippen molar-refractivity contribution in [2.75, 3.05) is 10.6 Å². The first kappa shape index (κ1) is 15.6. The number of anilines is 3. The van der Waals surface area contributed by atoms with Gasteiger partial charge in [0.1, 0.15) is 0 Å². The number of aromatic nitrogens is 3. The minimum absolute atomic E-state index is 0.0395. The van der Waals surface area contributed by atoms with Gasteiger partial charge in [-0.2, -0.15) is 10.1 Å². The highest BCUT2D eigenvalue weighted by Gasteiger charge is 2.03. The second kappa shape index (κ2) is 7.32. The van der Waals surface area contributed by atoms with Crippen LogP contribution in [0.25, 0.3) is 0 Å². The fraction of sp³-hybridized carbons (Fsp3) is 0.111. The summed E-state index contributed by atoms with van der Waals surface area (Å²) < 4.78 is 0. The van der Waals surface area contributed by atoms with Gasteiger partial charge in [0.05, 0.1) is 6.20 Å². The van der Waals surface area contributed by atoms with Crippen molar-refractivity contribution >= 4 is 23.2 Å². The van der Waals surface area contributed by atoms with E-state index < -0.39 is 0 Å². The summed E-state index contributed by atoms with van der Waals surface area (Å²) in [6, 6.07) is 17.2. The van der Waals surface area contributed by atoms with Crippen LogP contribution in [-0.4, -0.2) is 21.0 Å². The molecule has 0 fully saturated rings. The Morgan fingerprint density at radius 2 is 1.79 bits per heavy atom. The van der Waals surface area contributed by atoms with Crippen LogP contribution in [0, 0.1) is 0 Å². The largest absolute Gasteiger partial charge is 0.349 e. The summed E-state index contributed by atoms with van der Waals surface area (Å²) >= 11 is 0. The molecule has 2 aromatic carbocycles. The molecule has 120 valence electrons. The first-order valence-electron chi connectivity index (χ1n) is 7.56. The normalized spacial score (nSPS) is 10.2. The Kier molecular flexibility index (Phi) is 4.76. The lowest BCUT2D eigenvalue weighted by Crippen LogP contribution is -2.06. The highest BCUT2D eigenvalue weighted by atomic mass is 16.1. The van der Waals surface area contributed by atoms with Gasteiger partial charge in [0.2, 0.25) is 5.95 Å². The van der Waals surface area contributed by atoms with E-state index in [4.69, 9.17) is 0 Å². The molecule has 6 heteroatoms. The van der Waals surface area contributed by atoms with E-state index in [9.17, 15) is 4.79 Å². The summed E-state index contributed by atoms with van der Waals surface area (Å²) in [6.07, 6.45) is 1.55. The number of rotatable bonds is 6. The number of hydrogen-bond acceptors (Lipinski definition) is 6. The third-order valence-electron chi connectivity index (χ3n) is 3.42. The van der Waals surface area contributed by atoms with Gasteiger partial charge in [0, 0.05) is 17.8 Å². The quantitative estimate of drug-likeness (QED) is 0.678. The van der Waals surface area contributed by atoms with E-state index in [1.807, 2.05) is 42.5 Å². The molecule has 1 aromatic heterocycles. The Morgan fingerprint density at radius 3 is 2.50 bits per heavy atom. The number of nitrogens with zero attached hydrogens (tertiary/aromatic N) is 3. The van der Waals surface area contributed by atoms with Crippen molar-refractivity contribution in [3.8, 4) is 0 Å². The third kappa shape index (κ3) is 4.13. The third-order valence-corrected chi connectivity index (χ3v) is 3.42. The summed E-state index contributed by atoms with van der Waals surface area (Å²) in [5.74, 6) is 1.07. The second-order valence-electron chi connectivity index (χ2n) is 5.26. The fourth-order valence-corrected chi connectivity index (χ4v) is 2.15. The number of hydrogen-bond donors (Lipinski definition) is 2. The van der Waals surface area contributed by atoms with Gasteiger partial charge < -0.3 is 10.6 Å². The summed E-state index contributed by atoms with van der Waals surface area (Å²) in [5.41, 5.74) is 2.64. The molecule has 0 atom stereocenters. The van der Waals surface area contributed by atoms with Gasteiger partial charge in [0.25, 0.3) is 0 Å². The van der Waals surface area contributed by atoms with Crippen LogP contribution in [0.3, 0.4) is 0 Å². The van der Waals surface area contributed by atoms with Crippen LogP contribution in [0.15, 0.2) is 60.8 Å². The minimum atomic E-state index is 0.0395. The van der Waals surface area contributed by atoms with E-state index in [-0.39, 0.29) is 5.78 Å². The number of Topliss-reactive ketones (excluding diaryl/α,β-unsaturated/α-hetero) is 1. The summed E-state index contributed by atoms with van der Waals surface area (Å²) in [6.45, 7) is 2.17. The zero-order valence-corrected chi connectivity index (χ0v) is 13.2. The Balaban J connectivity index is 1.65. The average Bonchev–Trinajstić information content (AvgIpc) is 2.62. The Morgan fingerprint density at radius 1 is 1.04 bits per heavy atom. The summed E-state index contributed by atoms with van der Waals surface area (Å²) in [7, 11) is 0. The van der Waals surface area contributed by atoms with E-state index in [2.05, 4.69) is 25.8 Å². The van der Waals surface area contributed by atoms with Crippen LogP contribution in [-0.2, 0) is 6.54 Å². The molecule has 2 N–H and O–H groups in total. The predicted octanol–water partition coefficient (Wildman–Crippen LogP) is 3.43. The van der Waals surface area contributed by atoms with Gasteiger partial charge in [-0.15, -0.1) is 5.10 Å². The maximum Gasteiger partial charge on any atom is 0.244 e. The van der Waals surface area contributed by atoms with Crippen molar-refractivity contribution in [3.63, 3.8) is 0 Å². The molecule has 0 aliphatic carbocycles. The lowest BCUT2D eigenvalue weighted by molar-refractivity contribution is 0.101. The molecule has 0 aliphatic rings. The van der Waals surface area contributed by atoms with Crippen molar-refractivity contribution in [1.82, 2.24) is 15.2 Å². The molecule has 0 spiro atoms. The monoisotopic (exact) mass is 319 g/mol. The van der Waals surface area contributed by atoms with Gasteiger partial charge >= 0.3 is 0 Å². The van der Waals surface area contributed by atoms with Crippen molar-refractivity contribution in [1.29, 1.82) is 0 Å². The van der Waals surface area contributed by atoms with Gasteiger partial charge in [-0.05, 0) is 36.8 Å². The number of ketones is 1. The first-order valence-corrected chi connectivity index (χ1v) is 7.56. The number of nitrogens with one attached hydrogen (secondary N) is 2. The van der Waals surface area contributed by atoms with E-state index in [0.717, 1.165) is 11.3 Å². The topological polar surface area (TPSA) is 79.8 Å². The maximum atomic E-state index is 11.3. The molecule has 3 rings (SSSR count). The van der Waals surface area contributed by atoms with Gasteiger partial charge in [-0.1, -0.05) is 30.3 Å². The Bertz CT molecular complexity index is 818. The number of carbonyl (C=O) groups is 1. The second-order valence-corrected chi connectivity index (χ2v) is 5.26. The van der Waals surface area contributed by atoms with Gasteiger partial charge in [-0.25, -0.2) is 0 Å². The van der Waals surface area contributed by atoms with Crippen LogP contribution < -0.4 is 10.6 Å². The Labute approximate surface area is 140 Å². The molecule has 0 aliphatic heterocycles. The SMILES string of the molecule is CC(=O)c1ccc(Nc2cnnc(NCc3ccccc3)n2)cc1. The molecule has 0 saturated carbocycles. The van der Waals surface area contributed by atoms with Gasteiger partial charge in [0.15, 0.2) is 11.6 Å². The van der Waals surface area contributed by atoms with E-state index in [1.165, 1.54) is 0 Å². The zero-order chi connectivity index (χ0) is 16.8.